The van der Waals surface area contributed by atoms with Crippen LogP contribution >= 0.6 is 7.36 Å². The van der Waals surface area contributed by atoms with Crippen molar-refractivity contribution in [2.24, 2.45) is 5.73 Å². The number of nitrogens with two attached hydrogens (primary N) is 1. The molecule has 226 valence electrons. The molecule has 1 aliphatic rings. The quantitative estimate of drug-likeness (QED) is 0.0836. The third-order valence-electron chi connectivity index (χ3n) is 7.34. The molecule has 2 unspecified atom stereocenters. The number of imide groups is 1. The lowest BCUT2D eigenvalue weighted by Crippen LogP contribution is -2.51. The van der Waals surface area contributed by atoms with Crippen molar-refractivity contribution in [1.29, 1.82) is 0 Å². The SMILES string of the molecule is CCC(C)(NCCOCCOCC(=O)C(C)(CC)NCCCC[C@H](N)C(=O)P=S)C(=O)CCN1C(=O)C=CC1=O. The number of hydrogen-bond acceptors (Lipinski definition) is 11. The molecule has 0 spiro atoms. The number of amides is 2. The molecule has 3 atom stereocenters. The first-order valence-corrected chi connectivity index (χ1v) is 15.7. The molecule has 1 aliphatic heterocycles. The van der Waals surface area contributed by atoms with E-state index in [1.807, 2.05) is 20.8 Å². The zero-order chi connectivity index (χ0) is 30.2. The Balaban J connectivity index is 2.23. The molecular weight excluding hydrogens is 555 g/mol. The number of ether oxygens (including phenoxy) is 2. The van der Waals surface area contributed by atoms with E-state index in [2.05, 4.69) is 10.6 Å². The van der Waals surface area contributed by atoms with Gasteiger partial charge in [-0.25, -0.2) is 0 Å². The largest absolute Gasteiger partial charge is 0.378 e. The summed E-state index contributed by atoms with van der Waals surface area (Å²) in [5.74, 6) is -0.916. The van der Waals surface area contributed by atoms with Crippen LogP contribution in [-0.4, -0.2) is 97.0 Å². The molecule has 1 heterocycles. The van der Waals surface area contributed by atoms with Gasteiger partial charge in [-0.05, 0) is 57.9 Å². The van der Waals surface area contributed by atoms with E-state index in [1.54, 1.807) is 6.92 Å². The molecule has 0 aromatic carbocycles. The first-order valence-electron chi connectivity index (χ1n) is 13.8. The van der Waals surface area contributed by atoms with Crippen LogP contribution in [0.4, 0.5) is 0 Å². The number of rotatable bonds is 24. The van der Waals surface area contributed by atoms with Gasteiger partial charge < -0.3 is 25.8 Å². The number of nitrogens with one attached hydrogen (secondary N) is 2. The van der Waals surface area contributed by atoms with Gasteiger partial charge in [-0.15, -0.1) is 0 Å². The lowest BCUT2D eigenvalue weighted by molar-refractivity contribution is -0.137. The van der Waals surface area contributed by atoms with Gasteiger partial charge in [-0.3, -0.25) is 28.9 Å². The lowest BCUT2D eigenvalue weighted by atomic mass is 9.91. The zero-order valence-corrected chi connectivity index (χ0v) is 25.9. The highest BCUT2D eigenvalue weighted by molar-refractivity contribution is 8.03. The van der Waals surface area contributed by atoms with Crippen molar-refractivity contribution in [2.75, 3.05) is 46.1 Å². The van der Waals surface area contributed by atoms with E-state index in [0.717, 1.165) is 17.7 Å². The monoisotopic (exact) mass is 600 g/mol. The van der Waals surface area contributed by atoms with Crippen molar-refractivity contribution >= 4 is 48.1 Å². The van der Waals surface area contributed by atoms with Crippen LogP contribution < -0.4 is 16.4 Å². The van der Waals surface area contributed by atoms with E-state index in [1.165, 1.54) is 12.2 Å². The molecule has 2 amide bonds. The average Bonchev–Trinajstić information content (AvgIpc) is 3.27. The van der Waals surface area contributed by atoms with Gasteiger partial charge in [0.2, 0.25) is 5.52 Å². The van der Waals surface area contributed by atoms with Crippen molar-refractivity contribution < 1.29 is 33.4 Å². The third kappa shape index (κ3) is 12.0. The first-order chi connectivity index (χ1) is 18.9. The minimum atomic E-state index is -0.794. The zero-order valence-electron chi connectivity index (χ0n) is 24.2. The maximum absolute atomic E-state index is 12.8. The summed E-state index contributed by atoms with van der Waals surface area (Å²) in [4.78, 5) is 61.3. The summed E-state index contributed by atoms with van der Waals surface area (Å²) in [7, 11) is 0.269. The maximum atomic E-state index is 12.8. The molecule has 0 fully saturated rings. The van der Waals surface area contributed by atoms with Crippen molar-refractivity contribution in [2.45, 2.75) is 83.3 Å². The highest BCUT2D eigenvalue weighted by Crippen LogP contribution is 2.15. The Hall–Kier alpha value is -1.79. The Kier molecular flexibility index (Phi) is 16.9. The second-order valence-electron chi connectivity index (χ2n) is 10.2. The van der Waals surface area contributed by atoms with Crippen LogP contribution in [0.3, 0.4) is 0 Å². The van der Waals surface area contributed by atoms with Crippen molar-refractivity contribution in [3.05, 3.63) is 12.2 Å². The molecule has 40 heavy (non-hydrogen) atoms. The fourth-order valence-electron chi connectivity index (χ4n) is 3.97. The average molecular weight is 601 g/mol. The Morgan fingerprint density at radius 2 is 1.52 bits per heavy atom. The van der Waals surface area contributed by atoms with Crippen molar-refractivity contribution in [3.63, 3.8) is 0 Å². The van der Waals surface area contributed by atoms with Gasteiger partial charge in [0, 0.05) is 31.7 Å². The third-order valence-corrected chi connectivity index (χ3v) is 8.39. The summed E-state index contributed by atoms with van der Waals surface area (Å²) in [6.07, 6.45) is 5.78. The van der Waals surface area contributed by atoms with E-state index in [9.17, 15) is 24.0 Å². The fourth-order valence-corrected chi connectivity index (χ4v) is 4.64. The molecule has 11 nitrogen and oxygen atoms in total. The molecule has 0 saturated heterocycles. The van der Waals surface area contributed by atoms with Gasteiger partial charge in [0.25, 0.3) is 11.8 Å². The van der Waals surface area contributed by atoms with Crippen LogP contribution in [0.1, 0.15) is 66.2 Å². The number of hydrogen-bond donors (Lipinski definition) is 3. The van der Waals surface area contributed by atoms with Crippen LogP contribution in [0.2, 0.25) is 0 Å². The second kappa shape index (κ2) is 18.6. The predicted octanol–water partition coefficient (Wildman–Crippen LogP) is 1.42. The number of carbonyl (C=O) groups is 5. The minimum Gasteiger partial charge on any atom is -0.378 e. The smallest absolute Gasteiger partial charge is 0.253 e. The molecule has 0 aromatic rings. The van der Waals surface area contributed by atoms with Crippen LogP contribution in [0, 0.1) is 0 Å². The molecule has 0 bridgehead atoms. The van der Waals surface area contributed by atoms with Crippen LogP contribution in [-0.2, 0) is 45.3 Å². The standard InChI is InChI=1S/C27H45N4O7PS/c1-5-26(3,21(32)12-15-31-23(34)10-11-24(31)35)30-14-16-37-17-18-38-19-22(33)27(4,6-2)29-13-8-7-9-20(28)25(36)39-40/h10-11,20,29-30H,5-9,12-19,28H2,1-4H3/t20-,26?,27?/m0/s1. The van der Waals surface area contributed by atoms with Crippen molar-refractivity contribution in [1.82, 2.24) is 15.5 Å². The van der Waals surface area contributed by atoms with Gasteiger partial charge in [0.1, 0.15) is 6.61 Å². The normalized spacial score (nSPS) is 17.2. The van der Waals surface area contributed by atoms with Gasteiger partial charge in [-0.1, -0.05) is 20.3 Å². The molecule has 1 rings (SSSR count). The first kappa shape index (κ1) is 36.2. The van der Waals surface area contributed by atoms with Gasteiger partial charge in [0.05, 0.1) is 44.3 Å². The number of Topliss-reactive ketones (excluding diaryl/α,β-unsaturated/α-hetero) is 2. The Morgan fingerprint density at radius 1 is 0.950 bits per heavy atom. The van der Waals surface area contributed by atoms with Gasteiger partial charge in [0.15, 0.2) is 11.6 Å². The molecule has 0 saturated carbocycles. The molecule has 0 aliphatic carbocycles. The van der Waals surface area contributed by atoms with E-state index in [4.69, 9.17) is 27.0 Å². The molecule has 0 aromatic heterocycles. The van der Waals surface area contributed by atoms with E-state index in [0.29, 0.717) is 45.6 Å². The fraction of sp³-hybridized carbons (Fsp3) is 0.741. The minimum absolute atomic E-state index is 0.0316. The highest BCUT2D eigenvalue weighted by Gasteiger charge is 2.32. The van der Waals surface area contributed by atoms with Crippen LogP contribution in [0.5, 0.6) is 0 Å². The topological polar surface area (TPSA) is 157 Å². The lowest BCUT2D eigenvalue weighted by Gasteiger charge is -2.29. The predicted molar refractivity (Wildman–Crippen MR) is 157 cm³/mol. The van der Waals surface area contributed by atoms with Crippen LogP contribution in [0.15, 0.2) is 12.2 Å². The van der Waals surface area contributed by atoms with E-state index in [-0.39, 0.29) is 50.6 Å². The maximum Gasteiger partial charge on any atom is 0.253 e. The number of nitrogens with zero attached hydrogens (tertiary/aromatic N) is 1. The summed E-state index contributed by atoms with van der Waals surface area (Å²) in [5, 5.41) is 6.52. The summed E-state index contributed by atoms with van der Waals surface area (Å²) in [5.41, 5.74) is 4.16. The van der Waals surface area contributed by atoms with E-state index >= 15 is 0 Å². The van der Waals surface area contributed by atoms with Gasteiger partial charge >= 0.3 is 0 Å². The summed E-state index contributed by atoms with van der Waals surface area (Å²) in [6, 6.07) is -0.521. The molecule has 4 N–H and O–H groups in total. The Labute approximate surface area is 244 Å². The van der Waals surface area contributed by atoms with Crippen LogP contribution in [0.25, 0.3) is 0 Å². The van der Waals surface area contributed by atoms with E-state index < -0.39 is 28.9 Å². The Morgan fingerprint density at radius 3 is 2.12 bits per heavy atom. The molecular formula is C27H45N4O7PS. The Bertz CT molecular complexity index is 917. The number of ketones is 2. The summed E-state index contributed by atoms with van der Waals surface area (Å²) < 4.78 is 11.1. The highest BCUT2D eigenvalue weighted by atomic mass is 32.4. The molecule has 13 heteroatoms. The number of unbranched alkanes of at least 4 members (excludes halogenated alkanes) is 1. The second-order valence-corrected chi connectivity index (χ2v) is 11.4. The van der Waals surface area contributed by atoms with Crippen molar-refractivity contribution in [3.8, 4) is 0 Å². The number of carbonyl (C=O) groups excluding carboxylic acids is 5. The summed E-state index contributed by atoms with van der Waals surface area (Å²) in [6.45, 7) is 9.49. The molecule has 0 radical (unpaired) electrons. The summed E-state index contributed by atoms with van der Waals surface area (Å²) >= 11 is 4.71. The van der Waals surface area contributed by atoms with Gasteiger partial charge in [-0.2, -0.15) is 0 Å².